The lowest BCUT2D eigenvalue weighted by Gasteiger charge is -2.17. The van der Waals surface area contributed by atoms with Crippen molar-refractivity contribution in [2.75, 3.05) is 6.54 Å². The number of aromatic nitrogens is 4. The summed E-state index contributed by atoms with van der Waals surface area (Å²) in [6.45, 7) is 0.560. The fourth-order valence-corrected chi connectivity index (χ4v) is 3.91. The summed E-state index contributed by atoms with van der Waals surface area (Å²) in [5, 5.41) is 9.33. The number of nitrogens with one attached hydrogen (secondary N) is 1. The molecule has 4 rings (SSSR count). The second kappa shape index (κ2) is 8.09. The Morgan fingerprint density at radius 2 is 1.96 bits per heavy atom. The number of carbonyl (C=O) groups is 1. The fourth-order valence-electron chi connectivity index (χ4n) is 3.08. The number of hydrogen-bond acceptors (Lipinski definition) is 5. The van der Waals surface area contributed by atoms with E-state index in [-0.39, 0.29) is 11.8 Å². The van der Waals surface area contributed by atoms with Gasteiger partial charge in [0, 0.05) is 30.7 Å². The molecule has 0 aliphatic carbocycles. The van der Waals surface area contributed by atoms with Gasteiger partial charge in [0.05, 0.1) is 11.6 Å². The standard InChI is InChI=1S/C20H19N5OS/c26-19(22-11-8-17-13-27-20-23-14-24-25(17)20)18(16-4-2-1-3-5-16)12-15-6-9-21-10-7-15/h1-7,9-10,13-14,18H,8,11-12H2,(H,22,26). The minimum Gasteiger partial charge on any atom is -0.355 e. The molecule has 27 heavy (non-hydrogen) atoms. The third-order valence-electron chi connectivity index (χ3n) is 4.48. The number of hydrogen-bond donors (Lipinski definition) is 1. The van der Waals surface area contributed by atoms with Crippen molar-refractivity contribution in [2.45, 2.75) is 18.8 Å². The van der Waals surface area contributed by atoms with Gasteiger partial charge in [-0.25, -0.2) is 9.50 Å². The first kappa shape index (κ1) is 17.4. The highest BCUT2D eigenvalue weighted by atomic mass is 32.1. The molecule has 4 aromatic rings. The minimum atomic E-state index is -0.234. The van der Waals surface area contributed by atoms with E-state index in [0.29, 0.717) is 19.4 Å². The smallest absolute Gasteiger partial charge is 0.227 e. The third-order valence-corrected chi connectivity index (χ3v) is 5.36. The summed E-state index contributed by atoms with van der Waals surface area (Å²) in [6, 6.07) is 13.8. The van der Waals surface area contributed by atoms with Crippen LogP contribution in [0.2, 0.25) is 0 Å². The Morgan fingerprint density at radius 3 is 2.78 bits per heavy atom. The average molecular weight is 377 g/mol. The van der Waals surface area contributed by atoms with Gasteiger partial charge < -0.3 is 5.32 Å². The average Bonchev–Trinajstić information content (AvgIpc) is 3.32. The van der Waals surface area contributed by atoms with Crippen LogP contribution in [0.25, 0.3) is 4.96 Å². The first-order valence-electron chi connectivity index (χ1n) is 8.79. The number of fused-ring (bicyclic) bond motifs is 1. The first-order chi connectivity index (χ1) is 13.3. The normalized spacial score (nSPS) is 12.1. The van der Waals surface area contributed by atoms with E-state index in [9.17, 15) is 4.79 Å². The van der Waals surface area contributed by atoms with E-state index in [2.05, 4.69) is 20.4 Å². The number of nitrogens with zero attached hydrogens (tertiary/aromatic N) is 4. The zero-order valence-corrected chi connectivity index (χ0v) is 15.5. The van der Waals surface area contributed by atoms with Gasteiger partial charge in [0.25, 0.3) is 0 Å². The first-order valence-corrected chi connectivity index (χ1v) is 9.67. The largest absolute Gasteiger partial charge is 0.355 e. The van der Waals surface area contributed by atoms with Crippen LogP contribution >= 0.6 is 11.3 Å². The molecule has 1 N–H and O–H groups in total. The summed E-state index contributed by atoms with van der Waals surface area (Å²) in [7, 11) is 0. The third kappa shape index (κ3) is 4.03. The second-order valence-electron chi connectivity index (χ2n) is 6.25. The second-order valence-corrected chi connectivity index (χ2v) is 7.08. The van der Waals surface area contributed by atoms with Gasteiger partial charge >= 0.3 is 0 Å². The molecular weight excluding hydrogens is 358 g/mol. The molecule has 3 heterocycles. The SMILES string of the molecule is O=C(NCCc1csc2ncnn12)C(Cc1ccncc1)c1ccccc1. The maximum atomic E-state index is 12.9. The fraction of sp³-hybridized carbons (Fsp3) is 0.200. The van der Waals surface area contributed by atoms with Crippen molar-refractivity contribution < 1.29 is 4.79 Å². The zero-order chi connectivity index (χ0) is 18.5. The lowest BCUT2D eigenvalue weighted by molar-refractivity contribution is -0.122. The molecule has 136 valence electrons. The van der Waals surface area contributed by atoms with Crippen LogP contribution in [0.5, 0.6) is 0 Å². The highest BCUT2D eigenvalue weighted by Gasteiger charge is 2.21. The van der Waals surface area contributed by atoms with Gasteiger partial charge in [-0.05, 0) is 29.7 Å². The summed E-state index contributed by atoms with van der Waals surface area (Å²) < 4.78 is 1.82. The molecule has 0 saturated carbocycles. The predicted octanol–water partition coefficient (Wildman–Crippen LogP) is 2.87. The Labute approximate surface area is 160 Å². The lowest BCUT2D eigenvalue weighted by Crippen LogP contribution is -2.32. The molecule has 1 amide bonds. The molecule has 0 radical (unpaired) electrons. The van der Waals surface area contributed by atoms with Crippen LogP contribution in [-0.2, 0) is 17.6 Å². The van der Waals surface area contributed by atoms with Crippen LogP contribution < -0.4 is 5.32 Å². The van der Waals surface area contributed by atoms with Gasteiger partial charge in [-0.3, -0.25) is 9.78 Å². The van der Waals surface area contributed by atoms with Crippen LogP contribution in [-0.4, -0.2) is 32.0 Å². The summed E-state index contributed by atoms with van der Waals surface area (Å²) in [5.41, 5.74) is 3.16. The van der Waals surface area contributed by atoms with Gasteiger partial charge in [0.2, 0.25) is 10.9 Å². The summed E-state index contributed by atoms with van der Waals surface area (Å²) in [6.07, 6.45) is 6.43. The number of rotatable bonds is 7. The molecule has 7 heteroatoms. The molecule has 1 aromatic carbocycles. The zero-order valence-electron chi connectivity index (χ0n) is 14.7. The Bertz CT molecular complexity index is 1010. The quantitative estimate of drug-likeness (QED) is 0.538. The summed E-state index contributed by atoms with van der Waals surface area (Å²) in [5.74, 6) is -0.203. The van der Waals surface area contributed by atoms with E-state index >= 15 is 0 Å². The van der Waals surface area contributed by atoms with Crippen LogP contribution in [0.4, 0.5) is 0 Å². The lowest BCUT2D eigenvalue weighted by atomic mass is 9.91. The molecule has 0 bridgehead atoms. The number of pyridine rings is 1. The maximum Gasteiger partial charge on any atom is 0.227 e. The number of carbonyl (C=O) groups excluding carboxylic acids is 1. The minimum absolute atomic E-state index is 0.0306. The van der Waals surface area contributed by atoms with Gasteiger partial charge in [-0.2, -0.15) is 5.10 Å². The van der Waals surface area contributed by atoms with Crippen molar-refractivity contribution in [3.63, 3.8) is 0 Å². The summed E-state index contributed by atoms with van der Waals surface area (Å²) >= 11 is 1.56. The van der Waals surface area contributed by atoms with Crippen molar-refractivity contribution in [3.05, 3.63) is 83.4 Å². The van der Waals surface area contributed by atoms with Crippen molar-refractivity contribution in [3.8, 4) is 0 Å². The van der Waals surface area contributed by atoms with E-state index in [1.807, 2.05) is 52.4 Å². The van der Waals surface area contributed by atoms with Gasteiger partial charge in [0.1, 0.15) is 6.33 Å². The predicted molar refractivity (Wildman–Crippen MR) is 105 cm³/mol. The molecule has 0 aliphatic rings. The summed E-state index contributed by atoms with van der Waals surface area (Å²) in [4.78, 5) is 22.0. The Hall–Kier alpha value is -3.06. The van der Waals surface area contributed by atoms with E-state index in [0.717, 1.165) is 21.8 Å². The molecular formula is C20H19N5OS. The molecule has 0 saturated heterocycles. The molecule has 0 spiro atoms. The maximum absolute atomic E-state index is 12.9. The number of thiazole rings is 1. The van der Waals surface area contributed by atoms with Gasteiger partial charge in [-0.1, -0.05) is 30.3 Å². The molecule has 3 aromatic heterocycles. The van der Waals surface area contributed by atoms with Crippen molar-refractivity contribution in [2.24, 2.45) is 0 Å². The van der Waals surface area contributed by atoms with Gasteiger partial charge in [-0.15, -0.1) is 11.3 Å². The Kier molecular flexibility index (Phi) is 5.20. The molecule has 1 unspecified atom stereocenters. The van der Waals surface area contributed by atoms with E-state index in [4.69, 9.17) is 0 Å². The van der Waals surface area contributed by atoms with Crippen LogP contribution in [0, 0.1) is 0 Å². The molecule has 0 fully saturated rings. The number of amides is 1. The molecule has 6 nitrogen and oxygen atoms in total. The van der Waals surface area contributed by atoms with Crippen molar-refractivity contribution >= 4 is 22.2 Å². The van der Waals surface area contributed by atoms with Crippen molar-refractivity contribution in [1.29, 1.82) is 0 Å². The number of benzene rings is 1. The highest BCUT2D eigenvalue weighted by molar-refractivity contribution is 7.15. The highest BCUT2D eigenvalue weighted by Crippen LogP contribution is 2.21. The monoisotopic (exact) mass is 377 g/mol. The molecule has 1 atom stereocenters. The van der Waals surface area contributed by atoms with Crippen LogP contribution in [0.1, 0.15) is 22.7 Å². The van der Waals surface area contributed by atoms with E-state index < -0.39 is 0 Å². The Morgan fingerprint density at radius 1 is 1.15 bits per heavy atom. The Balaban J connectivity index is 1.44. The topological polar surface area (TPSA) is 72.2 Å². The van der Waals surface area contributed by atoms with Crippen LogP contribution in [0.15, 0.2) is 66.6 Å². The molecule has 0 aliphatic heterocycles. The van der Waals surface area contributed by atoms with E-state index in [1.165, 1.54) is 0 Å². The van der Waals surface area contributed by atoms with Gasteiger partial charge in [0.15, 0.2) is 0 Å². The van der Waals surface area contributed by atoms with E-state index in [1.54, 1.807) is 30.1 Å². The van der Waals surface area contributed by atoms with Crippen LogP contribution in [0.3, 0.4) is 0 Å². The van der Waals surface area contributed by atoms with Crippen molar-refractivity contribution in [1.82, 2.24) is 24.9 Å².